The van der Waals surface area contributed by atoms with Gasteiger partial charge < -0.3 is 35.6 Å². The number of urea groups is 1. The number of carbonyl (C=O) groups is 4. The number of aliphatic carboxylic acids is 1. The summed E-state index contributed by atoms with van der Waals surface area (Å²) in [6.45, 7) is 2.03. The summed E-state index contributed by atoms with van der Waals surface area (Å²) in [6, 6.07) is 11.5. The number of hydrogen-bond acceptors (Lipinski definition) is 7. The van der Waals surface area contributed by atoms with Crippen molar-refractivity contribution in [2.45, 2.75) is 45.1 Å². The molecule has 4 rings (SSSR count). The highest BCUT2D eigenvalue weighted by Gasteiger charge is 2.23. The summed E-state index contributed by atoms with van der Waals surface area (Å²) in [6.07, 6.45) is 1.92. The molecule has 0 aliphatic carbocycles. The number of primary amides is 1. The van der Waals surface area contributed by atoms with Crippen molar-refractivity contribution in [3.63, 3.8) is 0 Å². The minimum absolute atomic E-state index is 0.109. The third-order valence-corrected chi connectivity index (χ3v) is 6.89. The van der Waals surface area contributed by atoms with Gasteiger partial charge in [-0.05, 0) is 43.4 Å². The molecule has 4 aromatic rings. The van der Waals surface area contributed by atoms with Gasteiger partial charge in [0.05, 0.1) is 18.2 Å². The van der Waals surface area contributed by atoms with Crippen molar-refractivity contribution in [1.82, 2.24) is 16.0 Å². The first-order valence-electron chi connectivity index (χ1n) is 13.5. The van der Waals surface area contributed by atoms with Crippen LogP contribution in [0, 0.1) is 6.92 Å². The van der Waals surface area contributed by atoms with Crippen LogP contribution in [0.25, 0.3) is 33.1 Å². The van der Waals surface area contributed by atoms with E-state index < -0.39 is 35.5 Å². The third kappa shape index (κ3) is 7.33. The number of carboxylic acids is 1. The topological polar surface area (TPSA) is 194 Å². The number of hydrogen-bond donors (Lipinski definition) is 5. The van der Waals surface area contributed by atoms with E-state index in [0.29, 0.717) is 28.5 Å². The first-order chi connectivity index (χ1) is 20.1. The third-order valence-electron chi connectivity index (χ3n) is 6.89. The molecule has 42 heavy (non-hydrogen) atoms. The number of furan rings is 1. The van der Waals surface area contributed by atoms with Crippen LogP contribution in [0.3, 0.4) is 0 Å². The predicted octanol–water partition coefficient (Wildman–Crippen LogP) is 2.97. The summed E-state index contributed by atoms with van der Waals surface area (Å²) in [5.74, 6) is -2.07. The number of benzene rings is 2. The summed E-state index contributed by atoms with van der Waals surface area (Å²) in [5, 5.41) is 18.0. The van der Waals surface area contributed by atoms with Crippen LogP contribution in [0.5, 0.6) is 0 Å². The van der Waals surface area contributed by atoms with Crippen LogP contribution in [-0.4, -0.2) is 48.1 Å². The minimum Gasteiger partial charge on any atom is -0.481 e. The van der Waals surface area contributed by atoms with Crippen molar-refractivity contribution in [3.05, 3.63) is 70.3 Å². The highest BCUT2D eigenvalue weighted by Crippen LogP contribution is 2.34. The van der Waals surface area contributed by atoms with Gasteiger partial charge in [0.15, 0.2) is 0 Å². The maximum absolute atomic E-state index is 13.1. The van der Waals surface area contributed by atoms with Gasteiger partial charge >= 0.3 is 17.6 Å². The molecule has 0 saturated carbocycles. The number of nitrogens with one attached hydrogen (secondary N) is 3. The Bertz CT molecular complexity index is 1680. The molecule has 0 radical (unpaired) electrons. The first kappa shape index (κ1) is 29.8. The Balaban J connectivity index is 1.54. The molecule has 0 aliphatic heterocycles. The van der Waals surface area contributed by atoms with Gasteiger partial charge in [0, 0.05) is 41.9 Å². The van der Waals surface area contributed by atoms with Gasteiger partial charge in [-0.15, -0.1) is 0 Å². The zero-order valence-electron chi connectivity index (χ0n) is 23.0. The lowest BCUT2D eigenvalue weighted by atomic mass is 9.99. The van der Waals surface area contributed by atoms with Gasteiger partial charge in [0.2, 0.25) is 11.8 Å². The van der Waals surface area contributed by atoms with E-state index in [1.807, 2.05) is 36.4 Å². The van der Waals surface area contributed by atoms with Crippen LogP contribution < -0.4 is 27.3 Å². The SMILES string of the molecule is Cc1c(CC(=O)NC(CCCNC(N)=O)C(=O)NCCCC(=O)O)c(=O)oc2cc3occ(-c4ccccc4)c3cc12. The number of aryl methyl sites for hydroxylation is 1. The molecule has 0 aliphatic rings. The number of carboxylic acid groups (broad SMARTS) is 1. The Morgan fingerprint density at radius 3 is 2.43 bits per heavy atom. The average molecular weight is 577 g/mol. The Morgan fingerprint density at radius 2 is 1.71 bits per heavy atom. The van der Waals surface area contributed by atoms with Crippen LogP contribution in [0.4, 0.5) is 4.79 Å². The molecule has 2 aromatic carbocycles. The summed E-state index contributed by atoms with van der Waals surface area (Å²) in [4.78, 5) is 60.5. The van der Waals surface area contributed by atoms with Crippen LogP contribution in [0.2, 0.25) is 0 Å². The highest BCUT2D eigenvalue weighted by molar-refractivity contribution is 6.02. The largest absolute Gasteiger partial charge is 0.481 e. The Kier molecular flexibility index (Phi) is 9.58. The second kappa shape index (κ2) is 13.5. The quantitative estimate of drug-likeness (QED) is 0.118. The van der Waals surface area contributed by atoms with E-state index in [1.165, 1.54) is 0 Å². The summed E-state index contributed by atoms with van der Waals surface area (Å²) >= 11 is 0. The molecule has 6 N–H and O–H groups in total. The van der Waals surface area contributed by atoms with E-state index in [4.69, 9.17) is 19.7 Å². The van der Waals surface area contributed by atoms with Crippen molar-refractivity contribution in [1.29, 1.82) is 0 Å². The lowest BCUT2D eigenvalue weighted by Gasteiger charge is -2.19. The molecule has 4 amide bonds. The second-order valence-corrected chi connectivity index (χ2v) is 9.87. The van der Waals surface area contributed by atoms with Gasteiger partial charge in [-0.3, -0.25) is 14.4 Å². The van der Waals surface area contributed by atoms with Crippen LogP contribution >= 0.6 is 0 Å². The molecule has 0 fully saturated rings. The van der Waals surface area contributed by atoms with Crippen LogP contribution in [-0.2, 0) is 20.8 Å². The molecule has 0 spiro atoms. The van der Waals surface area contributed by atoms with Crippen LogP contribution in [0.1, 0.15) is 36.8 Å². The van der Waals surface area contributed by atoms with Crippen molar-refractivity contribution in [3.8, 4) is 11.1 Å². The smallest absolute Gasteiger partial charge is 0.340 e. The minimum atomic E-state index is -0.985. The fourth-order valence-electron chi connectivity index (χ4n) is 4.72. The Labute approximate surface area is 240 Å². The van der Waals surface area contributed by atoms with Gasteiger partial charge in [-0.25, -0.2) is 9.59 Å². The molecular weight excluding hydrogens is 544 g/mol. The summed E-state index contributed by atoms with van der Waals surface area (Å²) in [7, 11) is 0. The van der Waals surface area contributed by atoms with Gasteiger partial charge in [-0.1, -0.05) is 30.3 Å². The fourth-order valence-corrected chi connectivity index (χ4v) is 4.72. The number of rotatable bonds is 13. The molecule has 2 aromatic heterocycles. The maximum atomic E-state index is 13.1. The molecule has 2 heterocycles. The van der Waals surface area contributed by atoms with Crippen molar-refractivity contribution in [2.24, 2.45) is 5.73 Å². The van der Waals surface area contributed by atoms with E-state index in [-0.39, 0.29) is 44.3 Å². The molecular formula is C30H32N4O8. The highest BCUT2D eigenvalue weighted by atomic mass is 16.4. The molecule has 12 nitrogen and oxygen atoms in total. The number of amides is 4. The van der Waals surface area contributed by atoms with E-state index in [0.717, 1.165) is 16.5 Å². The van der Waals surface area contributed by atoms with E-state index in [9.17, 15) is 24.0 Å². The zero-order chi connectivity index (χ0) is 30.2. The molecule has 220 valence electrons. The Hall–Kier alpha value is -5.13. The monoisotopic (exact) mass is 576 g/mol. The zero-order valence-corrected chi connectivity index (χ0v) is 23.0. The van der Waals surface area contributed by atoms with Crippen molar-refractivity contribution >= 4 is 45.8 Å². The lowest BCUT2D eigenvalue weighted by molar-refractivity contribution is -0.137. The van der Waals surface area contributed by atoms with E-state index >= 15 is 0 Å². The lowest BCUT2D eigenvalue weighted by Crippen LogP contribution is -2.48. The maximum Gasteiger partial charge on any atom is 0.340 e. The van der Waals surface area contributed by atoms with E-state index in [1.54, 1.807) is 19.3 Å². The van der Waals surface area contributed by atoms with Crippen molar-refractivity contribution in [2.75, 3.05) is 13.1 Å². The normalized spacial score (nSPS) is 11.7. The Morgan fingerprint density at radius 1 is 0.976 bits per heavy atom. The molecule has 12 heteroatoms. The first-order valence-corrected chi connectivity index (χ1v) is 13.5. The summed E-state index contributed by atoms with van der Waals surface area (Å²) in [5.41, 5.74) is 7.84. The predicted molar refractivity (Wildman–Crippen MR) is 155 cm³/mol. The van der Waals surface area contributed by atoms with E-state index in [2.05, 4.69) is 16.0 Å². The molecule has 1 atom stereocenters. The molecule has 0 bridgehead atoms. The number of nitrogens with two attached hydrogens (primary N) is 1. The number of fused-ring (bicyclic) bond motifs is 2. The number of carbonyl (C=O) groups excluding carboxylic acids is 3. The van der Waals surface area contributed by atoms with Gasteiger partial charge in [0.25, 0.3) is 0 Å². The van der Waals surface area contributed by atoms with Gasteiger partial charge in [-0.2, -0.15) is 0 Å². The molecule has 1 unspecified atom stereocenters. The fraction of sp³-hybridized carbons (Fsp3) is 0.300. The second-order valence-electron chi connectivity index (χ2n) is 9.87. The van der Waals surface area contributed by atoms with Crippen LogP contribution in [0.15, 0.2) is 62.4 Å². The molecule has 0 saturated heterocycles. The van der Waals surface area contributed by atoms with Crippen molar-refractivity contribution < 1.29 is 33.1 Å². The van der Waals surface area contributed by atoms with Gasteiger partial charge in [0.1, 0.15) is 17.2 Å². The standard InChI is InChI=1S/C30H32N4O8/c1-17-19-13-21-22(18-7-3-2-4-8-18)16-41-24(21)15-25(19)42-29(39)20(17)14-26(35)34-23(9-5-12-33-30(31)40)28(38)32-11-6-10-27(36)37/h2-4,7-8,13,15-16,23H,5-6,9-12,14H2,1H3,(H,32,38)(H,34,35)(H,36,37)(H3,31,33,40). The summed E-state index contributed by atoms with van der Waals surface area (Å²) < 4.78 is 11.3. The average Bonchev–Trinajstić information content (AvgIpc) is 3.37.